The van der Waals surface area contributed by atoms with Crippen molar-refractivity contribution in [1.29, 1.82) is 0 Å². The Kier molecular flexibility index (Phi) is 5.08. The van der Waals surface area contributed by atoms with Crippen LogP contribution in [0.25, 0.3) is 0 Å². The lowest BCUT2D eigenvalue weighted by atomic mass is 10.1. The number of amides is 1. The van der Waals surface area contributed by atoms with E-state index in [1.165, 1.54) is 0 Å². The SMILES string of the molecule is CC1C(=O)N(c2ccccc2)C(=S)N1c1ccc(N2C[C@@H](C)O[C@@H](C)C2)cc1. The third-order valence-corrected chi connectivity index (χ3v) is 5.67. The van der Waals surface area contributed by atoms with Gasteiger partial charge < -0.3 is 14.5 Å². The molecule has 0 N–H and O–H groups in total. The van der Waals surface area contributed by atoms with E-state index in [9.17, 15) is 4.79 Å². The van der Waals surface area contributed by atoms with E-state index in [0.717, 1.165) is 30.2 Å². The van der Waals surface area contributed by atoms with E-state index in [0.29, 0.717) is 5.11 Å². The summed E-state index contributed by atoms with van der Waals surface area (Å²) >= 11 is 5.67. The quantitative estimate of drug-likeness (QED) is 0.739. The first kappa shape index (κ1) is 18.9. The molecule has 0 aliphatic carbocycles. The van der Waals surface area contributed by atoms with Gasteiger partial charge in [0.2, 0.25) is 0 Å². The van der Waals surface area contributed by atoms with Crippen LogP contribution >= 0.6 is 12.2 Å². The van der Waals surface area contributed by atoms with Crippen molar-refractivity contribution in [3.8, 4) is 0 Å². The summed E-state index contributed by atoms with van der Waals surface area (Å²) in [6.45, 7) is 7.86. The van der Waals surface area contributed by atoms with Crippen molar-refractivity contribution in [2.45, 2.75) is 39.0 Å². The van der Waals surface area contributed by atoms with Gasteiger partial charge in [-0.25, -0.2) is 0 Å². The number of carbonyl (C=O) groups excluding carboxylic acids is 1. The number of thiocarbonyl (C=S) groups is 1. The summed E-state index contributed by atoms with van der Waals surface area (Å²) < 4.78 is 5.83. The first-order valence-electron chi connectivity index (χ1n) is 9.68. The molecule has 1 amide bonds. The third kappa shape index (κ3) is 3.38. The van der Waals surface area contributed by atoms with Gasteiger partial charge >= 0.3 is 0 Å². The van der Waals surface area contributed by atoms with Crippen molar-refractivity contribution < 1.29 is 9.53 Å². The van der Waals surface area contributed by atoms with E-state index in [1.807, 2.05) is 54.3 Å². The van der Waals surface area contributed by atoms with Gasteiger partial charge in [0.25, 0.3) is 5.91 Å². The highest BCUT2D eigenvalue weighted by Crippen LogP contribution is 2.31. The van der Waals surface area contributed by atoms with E-state index in [2.05, 4.69) is 30.9 Å². The van der Waals surface area contributed by atoms with Crippen molar-refractivity contribution in [1.82, 2.24) is 0 Å². The number of rotatable bonds is 3. The average Bonchev–Trinajstić information content (AvgIpc) is 2.90. The van der Waals surface area contributed by atoms with Gasteiger partial charge in [-0.2, -0.15) is 0 Å². The maximum absolute atomic E-state index is 12.9. The number of anilines is 3. The minimum atomic E-state index is -0.331. The number of hydrogen-bond donors (Lipinski definition) is 0. The second kappa shape index (κ2) is 7.53. The van der Waals surface area contributed by atoms with E-state index < -0.39 is 0 Å². The Bertz CT molecular complexity index is 861. The standard InChI is InChI=1S/C22H25N3O2S/c1-15-13-23(14-16(2)27-15)18-9-11-20(12-10-18)24-17(3)21(26)25(22(24)28)19-7-5-4-6-8-19/h4-12,15-17H,13-14H2,1-3H3/t15-,16+,17?. The zero-order chi connectivity index (χ0) is 19.8. The van der Waals surface area contributed by atoms with Gasteiger partial charge in [-0.1, -0.05) is 18.2 Å². The summed E-state index contributed by atoms with van der Waals surface area (Å²) in [7, 11) is 0. The van der Waals surface area contributed by atoms with Crippen LogP contribution in [-0.2, 0) is 9.53 Å². The zero-order valence-electron chi connectivity index (χ0n) is 16.4. The van der Waals surface area contributed by atoms with Crippen molar-refractivity contribution in [2.75, 3.05) is 27.8 Å². The fourth-order valence-electron chi connectivity index (χ4n) is 4.03. The van der Waals surface area contributed by atoms with Crippen LogP contribution in [0.5, 0.6) is 0 Å². The van der Waals surface area contributed by atoms with Gasteiger partial charge in [-0.3, -0.25) is 9.69 Å². The van der Waals surface area contributed by atoms with Gasteiger partial charge in [0.05, 0.1) is 17.9 Å². The lowest BCUT2D eigenvalue weighted by molar-refractivity contribution is -0.117. The summed E-state index contributed by atoms with van der Waals surface area (Å²) in [4.78, 5) is 18.8. The molecule has 2 aromatic rings. The zero-order valence-corrected chi connectivity index (χ0v) is 17.2. The third-order valence-electron chi connectivity index (χ3n) is 5.29. The number of ether oxygens (including phenoxy) is 1. The van der Waals surface area contributed by atoms with Gasteiger partial charge in [-0.05, 0) is 69.4 Å². The maximum atomic E-state index is 12.9. The van der Waals surface area contributed by atoms with Crippen molar-refractivity contribution in [2.24, 2.45) is 0 Å². The molecule has 2 aliphatic rings. The fraction of sp³-hybridized carbons (Fsp3) is 0.364. The number of carbonyl (C=O) groups is 1. The molecule has 6 heteroatoms. The number of para-hydroxylation sites is 1. The van der Waals surface area contributed by atoms with Gasteiger partial charge in [0.1, 0.15) is 6.04 Å². The van der Waals surface area contributed by atoms with Crippen LogP contribution in [0.1, 0.15) is 20.8 Å². The Morgan fingerprint density at radius 3 is 2.04 bits per heavy atom. The van der Waals surface area contributed by atoms with Crippen LogP contribution in [0.4, 0.5) is 17.1 Å². The summed E-state index contributed by atoms with van der Waals surface area (Å²) in [6.07, 6.45) is 0.429. The highest BCUT2D eigenvalue weighted by molar-refractivity contribution is 7.81. The van der Waals surface area contributed by atoms with Crippen molar-refractivity contribution in [3.63, 3.8) is 0 Å². The fourth-order valence-corrected chi connectivity index (χ4v) is 4.49. The van der Waals surface area contributed by atoms with Crippen LogP contribution in [0.15, 0.2) is 54.6 Å². The second-order valence-corrected chi connectivity index (χ2v) is 7.88. The maximum Gasteiger partial charge on any atom is 0.256 e. The normalized spacial score (nSPS) is 25.5. The Labute approximate surface area is 171 Å². The van der Waals surface area contributed by atoms with Gasteiger partial charge in [0, 0.05) is 24.5 Å². The summed E-state index contributed by atoms with van der Waals surface area (Å²) in [5.74, 6) is -0.00361. The first-order chi connectivity index (χ1) is 13.5. The molecule has 5 nitrogen and oxygen atoms in total. The number of hydrogen-bond acceptors (Lipinski definition) is 4. The molecule has 4 rings (SSSR count). The van der Waals surface area contributed by atoms with E-state index in [-0.39, 0.29) is 24.2 Å². The minimum absolute atomic E-state index is 0.00361. The van der Waals surface area contributed by atoms with Gasteiger partial charge in [0.15, 0.2) is 5.11 Å². The minimum Gasteiger partial charge on any atom is -0.372 e. The lowest BCUT2D eigenvalue weighted by Gasteiger charge is -2.37. The number of nitrogens with zero attached hydrogens (tertiary/aromatic N) is 3. The molecule has 28 heavy (non-hydrogen) atoms. The molecule has 0 bridgehead atoms. The molecule has 0 spiro atoms. The van der Waals surface area contributed by atoms with Crippen LogP contribution in [0.3, 0.4) is 0 Å². The van der Waals surface area contributed by atoms with Gasteiger partial charge in [-0.15, -0.1) is 0 Å². The molecule has 2 aliphatic heterocycles. The summed E-state index contributed by atoms with van der Waals surface area (Å²) in [6, 6.07) is 17.5. The first-order valence-corrected chi connectivity index (χ1v) is 10.1. The number of morpholine rings is 1. The van der Waals surface area contributed by atoms with Crippen LogP contribution in [0.2, 0.25) is 0 Å². The van der Waals surface area contributed by atoms with Crippen LogP contribution in [-0.4, -0.2) is 42.4 Å². The largest absolute Gasteiger partial charge is 0.372 e. The average molecular weight is 396 g/mol. The molecular formula is C22H25N3O2S. The topological polar surface area (TPSA) is 36.0 Å². The number of benzene rings is 2. The predicted molar refractivity (Wildman–Crippen MR) is 117 cm³/mol. The molecule has 2 fully saturated rings. The second-order valence-electron chi connectivity index (χ2n) is 7.52. The molecule has 2 heterocycles. The Morgan fingerprint density at radius 1 is 0.857 bits per heavy atom. The molecule has 2 saturated heterocycles. The lowest BCUT2D eigenvalue weighted by Crippen LogP contribution is -2.45. The summed E-state index contributed by atoms with van der Waals surface area (Å²) in [5, 5.41) is 0.519. The molecular weight excluding hydrogens is 370 g/mol. The molecule has 1 unspecified atom stereocenters. The van der Waals surface area contributed by atoms with E-state index in [4.69, 9.17) is 17.0 Å². The highest BCUT2D eigenvalue weighted by atomic mass is 32.1. The molecule has 3 atom stereocenters. The van der Waals surface area contributed by atoms with Crippen molar-refractivity contribution >= 4 is 40.3 Å². The van der Waals surface area contributed by atoms with E-state index in [1.54, 1.807) is 4.90 Å². The Hall–Kier alpha value is -2.44. The molecule has 0 saturated carbocycles. The molecule has 2 aromatic carbocycles. The summed E-state index contributed by atoms with van der Waals surface area (Å²) in [5.41, 5.74) is 2.90. The highest BCUT2D eigenvalue weighted by Gasteiger charge is 2.41. The Balaban J connectivity index is 1.57. The molecule has 146 valence electrons. The predicted octanol–water partition coefficient (Wildman–Crippen LogP) is 3.83. The monoisotopic (exact) mass is 395 g/mol. The Morgan fingerprint density at radius 2 is 1.43 bits per heavy atom. The smallest absolute Gasteiger partial charge is 0.256 e. The molecule has 0 radical (unpaired) electrons. The molecule has 0 aromatic heterocycles. The van der Waals surface area contributed by atoms with Crippen LogP contribution < -0.4 is 14.7 Å². The van der Waals surface area contributed by atoms with E-state index >= 15 is 0 Å². The van der Waals surface area contributed by atoms with Crippen molar-refractivity contribution in [3.05, 3.63) is 54.6 Å². The van der Waals surface area contributed by atoms with Crippen LogP contribution in [0, 0.1) is 0 Å².